The molecule has 1 N–H and O–H groups in total. The van der Waals surface area contributed by atoms with Crippen LogP contribution >= 0.6 is 0 Å². The van der Waals surface area contributed by atoms with E-state index in [2.05, 4.69) is 17.1 Å². The summed E-state index contributed by atoms with van der Waals surface area (Å²) in [6, 6.07) is 20.1. The summed E-state index contributed by atoms with van der Waals surface area (Å²) < 4.78 is 0. The number of carbonyl (C=O) groups excluding carboxylic acids is 1. The molecule has 0 spiro atoms. The van der Waals surface area contributed by atoms with Crippen LogP contribution in [-0.4, -0.2) is 37.0 Å². The molecule has 1 amide bonds. The van der Waals surface area contributed by atoms with Gasteiger partial charge in [-0.2, -0.15) is 0 Å². The van der Waals surface area contributed by atoms with Gasteiger partial charge in [-0.1, -0.05) is 67.6 Å². The second-order valence-electron chi connectivity index (χ2n) is 7.42. The lowest BCUT2D eigenvalue weighted by molar-refractivity contribution is -0.121. The summed E-state index contributed by atoms with van der Waals surface area (Å²) in [5.74, 6) is 0.714. The Balaban J connectivity index is 1.55. The lowest BCUT2D eigenvalue weighted by atomic mass is 9.90. The standard InChI is InChI=1S/C23H30N2O/c1-19-13-17-25(18-14-19)16-8-15-24-23(26)22(20-9-4-2-5-10-20)21-11-6-3-7-12-21/h2-7,9-12,19,22H,8,13-18H2,1H3,(H,24,26). The van der Waals surface area contributed by atoms with Gasteiger partial charge < -0.3 is 10.2 Å². The van der Waals surface area contributed by atoms with Crippen LogP contribution in [0.25, 0.3) is 0 Å². The fourth-order valence-corrected chi connectivity index (χ4v) is 3.69. The monoisotopic (exact) mass is 350 g/mol. The van der Waals surface area contributed by atoms with E-state index in [4.69, 9.17) is 0 Å². The van der Waals surface area contributed by atoms with E-state index in [9.17, 15) is 4.79 Å². The Labute approximate surface area is 157 Å². The fraction of sp³-hybridized carbons (Fsp3) is 0.435. The van der Waals surface area contributed by atoms with Crippen molar-refractivity contribution in [3.63, 3.8) is 0 Å². The molecule has 1 saturated heterocycles. The van der Waals surface area contributed by atoms with Gasteiger partial charge in [0.2, 0.25) is 5.91 Å². The molecule has 3 heteroatoms. The summed E-state index contributed by atoms with van der Waals surface area (Å²) in [4.78, 5) is 15.4. The number of carbonyl (C=O) groups is 1. The molecular weight excluding hydrogens is 320 g/mol. The molecule has 1 aliphatic rings. The maximum atomic E-state index is 12.9. The number of hydrogen-bond acceptors (Lipinski definition) is 2. The number of rotatable bonds is 7. The first-order valence-electron chi connectivity index (χ1n) is 9.84. The van der Waals surface area contributed by atoms with Gasteiger partial charge in [-0.05, 0) is 55.9 Å². The number of benzene rings is 2. The molecular formula is C23H30N2O. The summed E-state index contributed by atoms with van der Waals surface area (Å²) in [5.41, 5.74) is 2.09. The quantitative estimate of drug-likeness (QED) is 0.764. The molecule has 0 unspecified atom stereocenters. The van der Waals surface area contributed by atoms with Crippen LogP contribution < -0.4 is 5.32 Å². The van der Waals surface area contributed by atoms with E-state index in [0.29, 0.717) is 0 Å². The van der Waals surface area contributed by atoms with E-state index in [1.54, 1.807) is 0 Å². The summed E-state index contributed by atoms with van der Waals surface area (Å²) in [6.07, 6.45) is 3.61. The molecule has 0 aliphatic carbocycles. The van der Waals surface area contributed by atoms with Crippen molar-refractivity contribution in [3.8, 4) is 0 Å². The molecule has 0 bridgehead atoms. The van der Waals surface area contributed by atoms with Crippen molar-refractivity contribution < 1.29 is 4.79 Å². The summed E-state index contributed by atoms with van der Waals surface area (Å²) in [6.45, 7) is 6.55. The highest BCUT2D eigenvalue weighted by Gasteiger charge is 2.22. The molecule has 0 radical (unpaired) electrons. The van der Waals surface area contributed by atoms with E-state index in [-0.39, 0.29) is 11.8 Å². The zero-order valence-electron chi connectivity index (χ0n) is 15.7. The van der Waals surface area contributed by atoms with Crippen LogP contribution in [-0.2, 0) is 4.79 Å². The third kappa shape index (κ3) is 5.18. The van der Waals surface area contributed by atoms with Crippen LogP contribution in [0.5, 0.6) is 0 Å². The molecule has 1 heterocycles. The molecule has 26 heavy (non-hydrogen) atoms. The summed E-state index contributed by atoms with van der Waals surface area (Å²) in [7, 11) is 0. The first-order chi connectivity index (χ1) is 12.7. The van der Waals surface area contributed by atoms with Gasteiger partial charge in [0.05, 0.1) is 5.92 Å². The minimum Gasteiger partial charge on any atom is -0.355 e. The van der Waals surface area contributed by atoms with Crippen molar-refractivity contribution in [2.45, 2.75) is 32.1 Å². The van der Waals surface area contributed by atoms with Gasteiger partial charge in [-0.15, -0.1) is 0 Å². The Morgan fingerprint density at radius 2 is 1.54 bits per heavy atom. The Morgan fingerprint density at radius 1 is 1.00 bits per heavy atom. The van der Waals surface area contributed by atoms with E-state index in [1.807, 2.05) is 60.7 Å². The lowest BCUT2D eigenvalue weighted by Crippen LogP contribution is -2.36. The first kappa shape index (κ1) is 18.7. The number of hydrogen-bond donors (Lipinski definition) is 1. The van der Waals surface area contributed by atoms with Gasteiger partial charge in [0.15, 0.2) is 0 Å². The molecule has 1 aliphatic heterocycles. The second kappa shape index (κ2) is 9.54. The Bertz CT molecular complexity index is 624. The van der Waals surface area contributed by atoms with Crippen LogP contribution in [0.1, 0.15) is 43.2 Å². The number of piperidine rings is 1. The van der Waals surface area contributed by atoms with Gasteiger partial charge in [0.25, 0.3) is 0 Å². The maximum Gasteiger partial charge on any atom is 0.232 e. The fourth-order valence-electron chi connectivity index (χ4n) is 3.69. The SMILES string of the molecule is CC1CCN(CCCNC(=O)C(c2ccccc2)c2ccccc2)CC1. The highest BCUT2D eigenvalue weighted by Crippen LogP contribution is 2.24. The number of amides is 1. The van der Waals surface area contributed by atoms with E-state index >= 15 is 0 Å². The highest BCUT2D eigenvalue weighted by molar-refractivity contribution is 5.87. The van der Waals surface area contributed by atoms with Crippen LogP contribution in [0, 0.1) is 5.92 Å². The molecule has 0 atom stereocenters. The molecule has 2 aromatic carbocycles. The molecule has 0 aromatic heterocycles. The number of nitrogens with one attached hydrogen (secondary N) is 1. The smallest absolute Gasteiger partial charge is 0.232 e. The van der Waals surface area contributed by atoms with E-state index < -0.39 is 0 Å². The first-order valence-corrected chi connectivity index (χ1v) is 9.84. The molecule has 3 nitrogen and oxygen atoms in total. The number of likely N-dealkylation sites (tertiary alicyclic amines) is 1. The van der Waals surface area contributed by atoms with Gasteiger partial charge >= 0.3 is 0 Å². The Hall–Kier alpha value is -2.13. The topological polar surface area (TPSA) is 32.3 Å². The molecule has 3 rings (SSSR count). The van der Waals surface area contributed by atoms with Crippen LogP contribution in [0.2, 0.25) is 0 Å². The zero-order valence-corrected chi connectivity index (χ0v) is 15.7. The molecule has 2 aromatic rings. The highest BCUT2D eigenvalue weighted by atomic mass is 16.1. The Kier molecular flexibility index (Phi) is 6.84. The summed E-state index contributed by atoms with van der Waals surface area (Å²) in [5, 5.41) is 3.16. The predicted octanol–water partition coefficient (Wildman–Crippen LogP) is 4.06. The Morgan fingerprint density at radius 3 is 2.08 bits per heavy atom. The normalized spacial score (nSPS) is 15.9. The molecule has 138 valence electrons. The minimum absolute atomic E-state index is 0.0923. The van der Waals surface area contributed by atoms with Crippen molar-refractivity contribution in [2.75, 3.05) is 26.2 Å². The van der Waals surface area contributed by atoms with Crippen molar-refractivity contribution in [3.05, 3.63) is 71.8 Å². The third-order valence-corrected chi connectivity index (χ3v) is 5.35. The predicted molar refractivity (Wildman–Crippen MR) is 107 cm³/mol. The van der Waals surface area contributed by atoms with E-state index in [1.165, 1.54) is 25.9 Å². The van der Waals surface area contributed by atoms with Gasteiger partial charge in [0.1, 0.15) is 0 Å². The van der Waals surface area contributed by atoms with Crippen LogP contribution in [0.3, 0.4) is 0 Å². The third-order valence-electron chi connectivity index (χ3n) is 5.35. The van der Waals surface area contributed by atoms with Crippen molar-refractivity contribution in [1.82, 2.24) is 10.2 Å². The molecule has 1 fully saturated rings. The van der Waals surface area contributed by atoms with Gasteiger partial charge in [-0.3, -0.25) is 4.79 Å². The van der Waals surface area contributed by atoms with Crippen LogP contribution in [0.4, 0.5) is 0 Å². The lowest BCUT2D eigenvalue weighted by Gasteiger charge is -2.30. The summed E-state index contributed by atoms with van der Waals surface area (Å²) >= 11 is 0. The second-order valence-corrected chi connectivity index (χ2v) is 7.42. The number of nitrogens with zero attached hydrogens (tertiary/aromatic N) is 1. The van der Waals surface area contributed by atoms with Crippen molar-refractivity contribution >= 4 is 5.91 Å². The zero-order chi connectivity index (χ0) is 18.2. The maximum absolute atomic E-state index is 12.9. The van der Waals surface area contributed by atoms with E-state index in [0.717, 1.165) is 36.6 Å². The molecule has 0 saturated carbocycles. The van der Waals surface area contributed by atoms with Gasteiger partial charge in [-0.25, -0.2) is 0 Å². The largest absolute Gasteiger partial charge is 0.355 e. The average Bonchev–Trinajstić information content (AvgIpc) is 2.68. The van der Waals surface area contributed by atoms with Crippen molar-refractivity contribution in [2.24, 2.45) is 5.92 Å². The van der Waals surface area contributed by atoms with Crippen LogP contribution in [0.15, 0.2) is 60.7 Å². The minimum atomic E-state index is -0.242. The van der Waals surface area contributed by atoms with Gasteiger partial charge in [0, 0.05) is 6.54 Å². The average molecular weight is 351 g/mol. The van der Waals surface area contributed by atoms with Crippen molar-refractivity contribution in [1.29, 1.82) is 0 Å².